The number of ether oxygens (including phenoxy) is 1. The molecule has 0 fully saturated rings. The molecule has 0 saturated carbocycles. The van der Waals surface area contributed by atoms with E-state index in [4.69, 9.17) is 4.74 Å². The zero-order chi connectivity index (χ0) is 12.6. The van der Waals surface area contributed by atoms with E-state index in [0.717, 1.165) is 24.8 Å². The summed E-state index contributed by atoms with van der Waals surface area (Å²) in [6.07, 6.45) is 4.53. The maximum Gasteiger partial charge on any atom is 0.179 e. The van der Waals surface area contributed by atoms with Gasteiger partial charge < -0.3 is 4.74 Å². The Morgan fingerprint density at radius 3 is 2.65 bits per heavy atom. The predicted octanol–water partition coefficient (Wildman–Crippen LogP) is 2.54. The lowest BCUT2D eigenvalue weighted by Crippen LogP contribution is -2.10. The second kappa shape index (κ2) is 4.33. The molecule has 0 radical (unpaired) electrons. The van der Waals surface area contributed by atoms with Crippen molar-refractivity contribution in [1.82, 2.24) is 0 Å². The fourth-order valence-corrected chi connectivity index (χ4v) is 3.35. The molecule has 1 aromatic rings. The van der Waals surface area contributed by atoms with Crippen molar-refractivity contribution in [2.24, 2.45) is 0 Å². The Labute approximate surface area is 103 Å². The topological polar surface area (TPSA) is 43.4 Å². The Morgan fingerprint density at radius 1 is 1.35 bits per heavy atom. The van der Waals surface area contributed by atoms with Crippen LogP contribution in [0.4, 0.5) is 0 Å². The summed E-state index contributed by atoms with van der Waals surface area (Å²) in [6.45, 7) is 2.15. The molecule has 1 aliphatic carbocycles. The Bertz CT molecular complexity index is 532. The molecule has 0 spiro atoms. The van der Waals surface area contributed by atoms with Crippen LogP contribution in [0.25, 0.3) is 0 Å². The van der Waals surface area contributed by atoms with Crippen molar-refractivity contribution >= 4 is 9.84 Å². The van der Waals surface area contributed by atoms with Gasteiger partial charge in [0, 0.05) is 6.26 Å². The van der Waals surface area contributed by atoms with Gasteiger partial charge in [-0.2, -0.15) is 0 Å². The standard InChI is InChI=1S/C13H18O3S/c1-9-5-4-6-10-7-12(16-2)13(8-11(9)10)17(3,14)15/h7-9H,4-6H2,1-3H3. The number of hydrogen-bond donors (Lipinski definition) is 0. The molecule has 0 amide bonds. The molecule has 3 nitrogen and oxygen atoms in total. The van der Waals surface area contributed by atoms with E-state index in [2.05, 4.69) is 6.92 Å². The highest BCUT2D eigenvalue weighted by molar-refractivity contribution is 7.90. The third-order valence-corrected chi connectivity index (χ3v) is 4.56. The summed E-state index contributed by atoms with van der Waals surface area (Å²) in [4.78, 5) is 0.312. The van der Waals surface area contributed by atoms with Gasteiger partial charge in [-0.3, -0.25) is 0 Å². The summed E-state index contributed by atoms with van der Waals surface area (Å²) in [7, 11) is -1.71. The summed E-state index contributed by atoms with van der Waals surface area (Å²) in [5.41, 5.74) is 2.39. The smallest absolute Gasteiger partial charge is 0.179 e. The predicted molar refractivity (Wildman–Crippen MR) is 67.5 cm³/mol. The molecule has 1 aliphatic rings. The highest BCUT2D eigenvalue weighted by Gasteiger charge is 2.22. The molecule has 17 heavy (non-hydrogen) atoms. The fraction of sp³-hybridized carbons (Fsp3) is 0.538. The minimum Gasteiger partial charge on any atom is -0.495 e. The van der Waals surface area contributed by atoms with E-state index >= 15 is 0 Å². The normalized spacial score (nSPS) is 19.8. The zero-order valence-corrected chi connectivity index (χ0v) is 11.3. The van der Waals surface area contributed by atoms with Crippen LogP contribution < -0.4 is 4.74 Å². The van der Waals surface area contributed by atoms with Crippen LogP contribution >= 0.6 is 0 Å². The van der Waals surface area contributed by atoms with Crippen LogP contribution in [0, 0.1) is 0 Å². The minimum absolute atomic E-state index is 0.312. The van der Waals surface area contributed by atoms with Crippen LogP contribution in [0.3, 0.4) is 0 Å². The summed E-state index contributed by atoms with van der Waals surface area (Å²) in [5.74, 6) is 0.908. The molecule has 0 aliphatic heterocycles. The van der Waals surface area contributed by atoms with Gasteiger partial charge >= 0.3 is 0 Å². The minimum atomic E-state index is -3.23. The lowest BCUT2D eigenvalue weighted by Gasteiger charge is -2.24. The Morgan fingerprint density at radius 2 is 2.06 bits per heavy atom. The van der Waals surface area contributed by atoms with Crippen LogP contribution in [0.2, 0.25) is 0 Å². The average molecular weight is 254 g/mol. The zero-order valence-electron chi connectivity index (χ0n) is 10.5. The van der Waals surface area contributed by atoms with Crippen LogP contribution in [0.15, 0.2) is 17.0 Å². The monoisotopic (exact) mass is 254 g/mol. The van der Waals surface area contributed by atoms with Gasteiger partial charge in [-0.25, -0.2) is 8.42 Å². The Balaban J connectivity index is 2.65. The van der Waals surface area contributed by atoms with Gasteiger partial charge in [0.15, 0.2) is 9.84 Å². The number of methoxy groups -OCH3 is 1. The molecule has 0 saturated heterocycles. The first-order valence-corrected chi connectivity index (χ1v) is 7.73. The molecule has 4 heteroatoms. The summed E-state index contributed by atoms with van der Waals surface area (Å²) in [6, 6.07) is 3.69. The lowest BCUT2D eigenvalue weighted by molar-refractivity contribution is 0.401. The van der Waals surface area contributed by atoms with Crippen LogP contribution in [0.5, 0.6) is 5.75 Å². The van der Waals surface area contributed by atoms with Crippen molar-refractivity contribution < 1.29 is 13.2 Å². The largest absolute Gasteiger partial charge is 0.495 e. The molecule has 0 heterocycles. The van der Waals surface area contributed by atoms with Crippen LogP contribution in [0.1, 0.15) is 36.8 Å². The van der Waals surface area contributed by atoms with Crippen molar-refractivity contribution in [3.63, 3.8) is 0 Å². The van der Waals surface area contributed by atoms with E-state index in [1.54, 1.807) is 6.07 Å². The summed E-state index contributed by atoms with van der Waals surface area (Å²) >= 11 is 0. The highest BCUT2D eigenvalue weighted by atomic mass is 32.2. The van der Waals surface area contributed by atoms with E-state index < -0.39 is 9.84 Å². The van der Waals surface area contributed by atoms with E-state index in [-0.39, 0.29) is 0 Å². The van der Waals surface area contributed by atoms with Crippen molar-refractivity contribution in [2.45, 2.75) is 37.0 Å². The van der Waals surface area contributed by atoms with Gasteiger partial charge in [-0.1, -0.05) is 6.92 Å². The van der Waals surface area contributed by atoms with E-state index in [1.165, 1.54) is 18.9 Å². The van der Waals surface area contributed by atoms with Crippen molar-refractivity contribution in [3.8, 4) is 5.75 Å². The molecule has 1 atom stereocenters. The highest BCUT2D eigenvalue weighted by Crippen LogP contribution is 2.37. The third kappa shape index (κ3) is 2.32. The number of aryl methyl sites for hydroxylation is 1. The maximum atomic E-state index is 11.7. The molecule has 0 bridgehead atoms. The first kappa shape index (κ1) is 12.4. The molecule has 0 N–H and O–H groups in total. The number of hydrogen-bond acceptors (Lipinski definition) is 3. The van der Waals surface area contributed by atoms with Gasteiger partial charge in [-0.15, -0.1) is 0 Å². The number of sulfone groups is 1. The van der Waals surface area contributed by atoms with Crippen LogP contribution in [-0.4, -0.2) is 21.8 Å². The second-order valence-electron chi connectivity index (χ2n) is 4.77. The first-order valence-electron chi connectivity index (χ1n) is 5.84. The molecule has 0 aromatic heterocycles. The second-order valence-corrected chi connectivity index (χ2v) is 6.75. The molecular formula is C13H18O3S. The number of benzene rings is 1. The maximum absolute atomic E-state index is 11.7. The number of fused-ring (bicyclic) bond motifs is 1. The molecule has 94 valence electrons. The Kier molecular flexibility index (Phi) is 3.17. The van der Waals surface area contributed by atoms with Gasteiger partial charge in [0.2, 0.25) is 0 Å². The van der Waals surface area contributed by atoms with E-state index in [0.29, 0.717) is 16.6 Å². The fourth-order valence-electron chi connectivity index (χ4n) is 2.50. The molecule has 1 aromatic carbocycles. The van der Waals surface area contributed by atoms with E-state index in [9.17, 15) is 8.42 Å². The van der Waals surface area contributed by atoms with Gasteiger partial charge in [-0.05, 0) is 48.4 Å². The first-order chi connectivity index (χ1) is 7.93. The van der Waals surface area contributed by atoms with Crippen LogP contribution in [-0.2, 0) is 16.3 Å². The summed E-state index contributed by atoms with van der Waals surface area (Å²) < 4.78 is 28.6. The van der Waals surface area contributed by atoms with Crippen molar-refractivity contribution in [3.05, 3.63) is 23.3 Å². The summed E-state index contributed by atoms with van der Waals surface area (Å²) in [5, 5.41) is 0. The van der Waals surface area contributed by atoms with Crippen molar-refractivity contribution in [2.75, 3.05) is 13.4 Å². The van der Waals surface area contributed by atoms with E-state index in [1.807, 2.05) is 6.07 Å². The number of rotatable bonds is 2. The molecule has 1 unspecified atom stereocenters. The Hall–Kier alpha value is -1.03. The molecular weight excluding hydrogens is 236 g/mol. The third-order valence-electron chi connectivity index (χ3n) is 3.44. The van der Waals surface area contributed by atoms with Gasteiger partial charge in [0.1, 0.15) is 10.6 Å². The van der Waals surface area contributed by atoms with Gasteiger partial charge in [0.05, 0.1) is 7.11 Å². The van der Waals surface area contributed by atoms with Gasteiger partial charge in [0.25, 0.3) is 0 Å². The molecule has 2 rings (SSSR count). The SMILES string of the molecule is COc1cc2c(cc1S(C)(=O)=O)C(C)CCC2. The quantitative estimate of drug-likeness (QED) is 0.814. The van der Waals surface area contributed by atoms with Crippen molar-refractivity contribution in [1.29, 1.82) is 0 Å². The lowest BCUT2D eigenvalue weighted by atomic mass is 9.84. The average Bonchev–Trinajstić information content (AvgIpc) is 2.26.